The third-order valence-electron chi connectivity index (χ3n) is 3.13. The van der Waals surface area contributed by atoms with E-state index in [0.717, 1.165) is 30.2 Å². The van der Waals surface area contributed by atoms with Gasteiger partial charge in [-0.2, -0.15) is 0 Å². The quantitative estimate of drug-likeness (QED) is 0.247. The molecule has 0 saturated heterocycles. The number of alkyl halides is 1. The van der Waals surface area contributed by atoms with Gasteiger partial charge in [-0.1, -0.05) is 60.8 Å². The van der Waals surface area contributed by atoms with Crippen LogP contribution in [0.25, 0.3) is 0 Å². The third-order valence-corrected chi connectivity index (χ3v) is 3.50. The summed E-state index contributed by atoms with van der Waals surface area (Å²) in [7, 11) is 0. The Morgan fingerprint density at radius 2 is 1.95 bits per heavy atom. The predicted octanol–water partition coefficient (Wildman–Crippen LogP) is 5.14. The highest BCUT2D eigenvalue weighted by molar-refractivity contribution is 9.09. The summed E-state index contributed by atoms with van der Waals surface area (Å²) >= 11 is 3.37. The zero-order chi connectivity index (χ0) is 16.7. The lowest BCUT2D eigenvalue weighted by Gasteiger charge is -2.20. The van der Waals surface area contributed by atoms with Crippen molar-refractivity contribution in [2.75, 3.05) is 11.9 Å². The molecule has 0 saturated carbocycles. The number of terminal acetylenes is 1. The second-order valence-electron chi connectivity index (χ2n) is 4.78. The number of rotatable bonds is 9. The van der Waals surface area contributed by atoms with E-state index in [4.69, 9.17) is 4.74 Å². The van der Waals surface area contributed by atoms with Gasteiger partial charge < -0.3 is 4.74 Å². The van der Waals surface area contributed by atoms with Gasteiger partial charge in [0.05, 0.1) is 12.5 Å². The molecule has 3 heteroatoms. The molecule has 2 nitrogen and oxygen atoms in total. The molecule has 0 aliphatic carbocycles. The van der Waals surface area contributed by atoms with Crippen LogP contribution < -0.4 is 0 Å². The first kappa shape index (κ1) is 22.3. The molecule has 0 rings (SSSR count). The van der Waals surface area contributed by atoms with Crippen molar-refractivity contribution in [3.05, 3.63) is 23.8 Å². The van der Waals surface area contributed by atoms with Gasteiger partial charge in [-0.3, -0.25) is 4.79 Å². The molecule has 0 aromatic rings. The summed E-state index contributed by atoms with van der Waals surface area (Å²) in [4.78, 5) is 12.1. The molecule has 0 fully saturated rings. The minimum atomic E-state index is -0.137. The fourth-order valence-corrected chi connectivity index (χ4v) is 2.41. The number of esters is 1. The first-order chi connectivity index (χ1) is 10.1. The molecular formula is C18H29BrO2. The van der Waals surface area contributed by atoms with Gasteiger partial charge in [-0.25, -0.2) is 0 Å². The summed E-state index contributed by atoms with van der Waals surface area (Å²) in [6.45, 7) is 8.66. The summed E-state index contributed by atoms with van der Waals surface area (Å²) in [5.74, 6) is 0.298. The van der Waals surface area contributed by atoms with Gasteiger partial charge in [0.25, 0.3) is 0 Å². The van der Waals surface area contributed by atoms with Crippen molar-refractivity contribution >= 4 is 21.9 Å². The van der Waals surface area contributed by atoms with Crippen LogP contribution in [0.3, 0.4) is 0 Å². The normalized spacial score (nSPS) is 14.1. The summed E-state index contributed by atoms with van der Waals surface area (Å²) in [6, 6.07) is 0. The molecule has 21 heavy (non-hydrogen) atoms. The largest absolute Gasteiger partial charge is 0.466 e. The smallest absolute Gasteiger partial charge is 0.313 e. The van der Waals surface area contributed by atoms with E-state index in [1.54, 1.807) is 0 Å². The molecule has 120 valence electrons. The molecule has 0 aliphatic rings. The minimum absolute atomic E-state index is 0.0993. The number of carbonyl (C=O) groups excluding carboxylic acids is 1. The number of hydrogen-bond acceptors (Lipinski definition) is 2. The Bertz CT molecular complexity index is 342. The summed E-state index contributed by atoms with van der Waals surface area (Å²) in [6.07, 6.45) is 17.2. The molecule has 0 bridgehead atoms. The molecule has 0 N–H and O–H groups in total. The molecule has 0 aliphatic heterocycles. The van der Waals surface area contributed by atoms with Gasteiger partial charge in [0, 0.05) is 5.33 Å². The molecular weight excluding hydrogens is 328 g/mol. The lowest BCUT2D eigenvalue weighted by molar-refractivity contribution is -0.147. The Balaban J connectivity index is 0. The van der Waals surface area contributed by atoms with Crippen molar-refractivity contribution in [3.8, 4) is 12.8 Å². The van der Waals surface area contributed by atoms with Crippen LogP contribution >= 0.6 is 15.9 Å². The lowest BCUT2D eigenvalue weighted by atomic mass is 9.87. The van der Waals surface area contributed by atoms with Crippen LogP contribution in [0.2, 0.25) is 0 Å². The average Bonchev–Trinajstić information content (AvgIpc) is 2.49. The Labute approximate surface area is 139 Å². The first-order valence-corrected chi connectivity index (χ1v) is 8.61. The lowest BCUT2D eigenvalue weighted by Crippen LogP contribution is -2.21. The Morgan fingerprint density at radius 1 is 1.33 bits per heavy atom. The van der Waals surface area contributed by atoms with Gasteiger partial charge in [-0.05, 0) is 31.8 Å². The van der Waals surface area contributed by atoms with E-state index in [1.807, 2.05) is 32.1 Å². The molecule has 0 aromatic heterocycles. The summed E-state index contributed by atoms with van der Waals surface area (Å²) in [5.41, 5.74) is 1.06. The van der Waals surface area contributed by atoms with E-state index in [2.05, 4.69) is 42.6 Å². The number of allylic oxidation sites excluding steroid dienone is 3. The zero-order valence-electron chi connectivity index (χ0n) is 13.8. The van der Waals surface area contributed by atoms with Gasteiger partial charge >= 0.3 is 5.97 Å². The van der Waals surface area contributed by atoms with E-state index in [9.17, 15) is 4.79 Å². The highest BCUT2D eigenvalue weighted by Gasteiger charge is 2.24. The Kier molecular flexibility index (Phi) is 16.3. The number of carbonyl (C=O) groups is 1. The van der Waals surface area contributed by atoms with Crippen molar-refractivity contribution in [2.24, 2.45) is 11.8 Å². The molecule has 0 aromatic carbocycles. The maximum absolute atomic E-state index is 12.1. The van der Waals surface area contributed by atoms with Gasteiger partial charge in [0.2, 0.25) is 0 Å². The Hall–Kier alpha value is -1.01. The second kappa shape index (κ2) is 15.4. The molecule has 2 atom stereocenters. The van der Waals surface area contributed by atoms with Crippen LogP contribution in [-0.4, -0.2) is 17.9 Å². The molecule has 0 amide bonds. The highest BCUT2D eigenvalue weighted by atomic mass is 79.9. The van der Waals surface area contributed by atoms with Crippen LogP contribution in [0.4, 0.5) is 0 Å². The molecule has 0 heterocycles. The van der Waals surface area contributed by atoms with Crippen molar-refractivity contribution in [1.82, 2.24) is 0 Å². The summed E-state index contributed by atoms with van der Waals surface area (Å²) in [5, 5.41) is 0.796. The second-order valence-corrected chi connectivity index (χ2v) is 5.43. The number of hydrogen-bond donors (Lipinski definition) is 0. The highest BCUT2D eigenvalue weighted by Crippen LogP contribution is 2.25. The molecule has 0 spiro atoms. The van der Waals surface area contributed by atoms with E-state index in [-0.39, 0.29) is 11.9 Å². The Morgan fingerprint density at radius 3 is 2.38 bits per heavy atom. The zero-order valence-corrected chi connectivity index (χ0v) is 15.4. The maximum Gasteiger partial charge on any atom is 0.313 e. The number of ether oxygens (including phenoxy) is 1. The topological polar surface area (TPSA) is 26.3 Å². The molecule has 2 unspecified atom stereocenters. The van der Waals surface area contributed by atoms with Crippen LogP contribution in [0.1, 0.15) is 47.0 Å². The monoisotopic (exact) mass is 356 g/mol. The SMILES string of the molecule is C#C.C/C=C(\C=C/CBr)C(CC(C)CCC)C(=O)OCC. The van der Waals surface area contributed by atoms with E-state index >= 15 is 0 Å². The fourth-order valence-electron chi connectivity index (χ4n) is 2.22. The average molecular weight is 357 g/mol. The summed E-state index contributed by atoms with van der Waals surface area (Å²) < 4.78 is 5.22. The minimum Gasteiger partial charge on any atom is -0.466 e. The van der Waals surface area contributed by atoms with Crippen LogP contribution in [0.5, 0.6) is 0 Å². The third kappa shape index (κ3) is 10.4. The van der Waals surface area contributed by atoms with Gasteiger partial charge in [0.15, 0.2) is 0 Å². The van der Waals surface area contributed by atoms with Crippen molar-refractivity contribution in [3.63, 3.8) is 0 Å². The van der Waals surface area contributed by atoms with Gasteiger partial charge in [-0.15, -0.1) is 12.8 Å². The van der Waals surface area contributed by atoms with Crippen molar-refractivity contribution < 1.29 is 9.53 Å². The standard InChI is InChI=1S/C16H27BrO2.C2H2/c1-5-9-13(4)12-15(16(18)19-7-3)14(6-2)10-8-11-17;1-2/h6,8,10,13,15H,5,7,9,11-12H2,1-4H3;1-2H/b10-8-,14-6+;. The van der Waals surface area contributed by atoms with Crippen LogP contribution in [-0.2, 0) is 9.53 Å². The first-order valence-electron chi connectivity index (χ1n) is 7.49. The van der Waals surface area contributed by atoms with Crippen LogP contribution in [0.15, 0.2) is 23.8 Å². The van der Waals surface area contributed by atoms with E-state index < -0.39 is 0 Å². The van der Waals surface area contributed by atoms with Gasteiger partial charge in [0.1, 0.15) is 0 Å². The van der Waals surface area contributed by atoms with Crippen molar-refractivity contribution in [2.45, 2.75) is 47.0 Å². The van der Waals surface area contributed by atoms with Crippen LogP contribution in [0, 0.1) is 24.7 Å². The molecule has 0 radical (unpaired) electrons. The van der Waals surface area contributed by atoms with Crippen molar-refractivity contribution in [1.29, 1.82) is 0 Å². The van der Waals surface area contributed by atoms with E-state index in [0.29, 0.717) is 12.5 Å². The number of halogens is 1. The fraction of sp³-hybridized carbons (Fsp3) is 0.611. The van der Waals surface area contributed by atoms with E-state index in [1.165, 1.54) is 0 Å². The predicted molar refractivity (Wildman–Crippen MR) is 95.4 cm³/mol. The maximum atomic E-state index is 12.1.